The van der Waals surface area contributed by atoms with E-state index in [-0.39, 0.29) is 35.8 Å². The third-order valence-electron chi connectivity index (χ3n) is 5.68. The van der Waals surface area contributed by atoms with Crippen LogP contribution in [0.2, 0.25) is 0 Å². The summed E-state index contributed by atoms with van der Waals surface area (Å²) in [6, 6.07) is 13.1. The quantitative estimate of drug-likeness (QED) is 0.192. The largest absolute Gasteiger partial charge is 0.508 e. The third-order valence-corrected chi connectivity index (χ3v) is 5.68. The molecule has 3 N–H and O–H groups in total. The lowest BCUT2D eigenvalue weighted by atomic mass is 10.0. The molecule has 0 unspecified atom stereocenters. The fraction of sp³-hybridized carbons (Fsp3) is 0.458. The number of alkyl halides is 3. The summed E-state index contributed by atoms with van der Waals surface area (Å²) in [5, 5.41) is 16.1. The molecule has 0 bridgehead atoms. The Morgan fingerprint density at radius 3 is 2.42 bits per heavy atom. The minimum atomic E-state index is -4.31. The van der Waals surface area contributed by atoms with E-state index in [2.05, 4.69) is 20.5 Å². The van der Waals surface area contributed by atoms with Crippen molar-refractivity contribution in [3.05, 3.63) is 65.2 Å². The maximum Gasteiger partial charge on any atom is 0.416 e. The van der Waals surface area contributed by atoms with Crippen LogP contribution in [-0.4, -0.2) is 48.7 Å². The lowest BCUT2D eigenvalue weighted by Gasteiger charge is -2.33. The number of halogens is 4. The van der Waals surface area contributed by atoms with Gasteiger partial charge in [-0.2, -0.15) is 13.2 Å². The molecule has 0 amide bonds. The summed E-state index contributed by atoms with van der Waals surface area (Å²) < 4.78 is 38.8. The lowest BCUT2D eigenvalue weighted by Crippen LogP contribution is -2.48. The van der Waals surface area contributed by atoms with Gasteiger partial charge in [0.2, 0.25) is 0 Å². The van der Waals surface area contributed by atoms with Crippen molar-refractivity contribution in [2.75, 3.05) is 26.7 Å². The van der Waals surface area contributed by atoms with E-state index >= 15 is 0 Å². The van der Waals surface area contributed by atoms with Gasteiger partial charge in [0.1, 0.15) is 5.75 Å². The SMILES string of the molecule is CN=C(NCCCc1ccc(O)cc1)NC1CCN(Cc2cccc(C(F)(F)F)c2)CC1.I. The highest BCUT2D eigenvalue weighted by atomic mass is 127. The molecule has 33 heavy (non-hydrogen) atoms. The standard InChI is InChI=1S/C24H31F3N4O.HI/c1-28-23(29-13-3-5-18-7-9-22(32)10-8-18)30-21-11-14-31(15-12-21)17-19-4-2-6-20(16-19)24(25,26)27;/h2,4,6-10,16,21,32H,3,5,11-15,17H2,1H3,(H2,28,29,30);1H. The molecule has 0 radical (unpaired) electrons. The van der Waals surface area contributed by atoms with E-state index in [1.165, 1.54) is 17.7 Å². The first-order chi connectivity index (χ1) is 15.3. The molecule has 182 valence electrons. The minimum Gasteiger partial charge on any atom is -0.508 e. The average molecular weight is 576 g/mol. The van der Waals surface area contributed by atoms with Gasteiger partial charge in [0.15, 0.2) is 5.96 Å². The smallest absolute Gasteiger partial charge is 0.416 e. The van der Waals surface area contributed by atoms with Crippen LogP contribution in [0.3, 0.4) is 0 Å². The summed E-state index contributed by atoms with van der Waals surface area (Å²) in [6.45, 7) is 2.97. The van der Waals surface area contributed by atoms with Crippen LogP contribution in [0.5, 0.6) is 5.75 Å². The monoisotopic (exact) mass is 576 g/mol. The van der Waals surface area contributed by atoms with Crippen molar-refractivity contribution < 1.29 is 18.3 Å². The third kappa shape index (κ3) is 9.04. The Balaban J connectivity index is 0.00000385. The average Bonchev–Trinajstić information content (AvgIpc) is 2.78. The van der Waals surface area contributed by atoms with Crippen molar-refractivity contribution in [3.8, 4) is 5.75 Å². The Kier molecular flexibility index (Phi) is 10.7. The molecule has 2 aromatic carbocycles. The number of phenols is 1. The highest BCUT2D eigenvalue weighted by molar-refractivity contribution is 14.0. The van der Waals surface area contributed by atoms with Crippen molar-refractivity contribution in [2.45, 2.75) is 44.4 Å². The summed E-state index contributed by atoms with van der Waals surface area (Å²) in [5.74, 6) is 1.05. The molecule has 1 fully saturated rings. The van der Waals surface area contributed by atoms with Gasteiger partial charge in [-0.05, 0) is 55.0 Å². The van der Waals surface area contributed by atoms with Gasteiger partial charge in [0.25, 0.3) is 0 Å². The molecule has 3 rings (SSSR count). The number of nitrogens with one attached hydrogen (secondary N) is 2. The van der Waals surface area contributed by atoms with Gasteiger partial charge in [-0.25, -0.2) is 0 Å². The van der Waals surface area contributed by atoms with E-state index in [1.54, 1.807) is 25.2 Å². The molecule has 0 saturated carbocycles. The van der Waals surface area contributed by atoms with Crippen molar-refractivity contribution in [1.82, 2.24) is 15.5 Å². The van der Waals surface area contributed by atoms with Gasteiger partial charge in [-0.15, -0.1) is 24.0 Å². The molecule has 0 spiro atoms. The Bertz CT molecular complexity index is 882. The first-order valence-electron chi connectivity index (χ1n) is 11.0. The summed E-state index contributed by atoms with van der Waals surface area (Å²) >= 11 is 0. The van der Waals surface area contributed by atoms with E-state index in [4.69, 9.17) is 0 Å². The molecule has 1 aliphatic rings. The Morgan fingerprint density at radius 1 is 1.09 bits per heavy atom. The topological polar surface area (TPSA) is 59.9 Å². The van der Waals surface area contributed by atoms with Crippen molar-refractivity contribution >= 4 is 29.9 Å². The fourth-order valence-electron chi connectivity index (χ4n) is 3.89. The van der Waals surface area contributed by atoms with Crippen LogP contribution in [-0.2, 0) is 19.1 Å². The van der Waals surface area contributed by atoms with Crippen LogP contribution in [0.4, 0.5) is 13.2 Å². The number of hydrogen-bond donors (Lipinski definition) is 3. The molecule has 0 atom stereocenters. The lowest BCUT2D eigenvalue weighted by molar-refractivity contribution is -0.137. The number of benzene rings is 2. The predicted octanol–water partition coefficient (Wildman–Crippen LogP) is 4.79. The molecule has 1 saturated heterocycles. The van der Waals surface area contributed by atoms with E-state index in [0.717, 1.165) is 57.3 Å². The van der Waals surface area contributed by atoms with Crippen LogP contribution in [0, 0.1) is 0 Å². The van der Waals surface area contributed by atoms with Crippen LogP contribution in [0.1, 0.15) is 36.0 Å². The van der Waals surface area contributed by atoms with Crippen molar-refractivity contribution in [2.24, 2.45) is 4.99 Å². The first-order valence-corrected chi connectivity index (χ1v) is 11.0. The Labute approximate surface area is 210 Å². The summed E-state index contributed by atoms with van der Waals surface area (Å²) in [6.07, 6.45) is -0.626. The number of aliphatic imine (C=N–C) groups is 1. The van der Waals surface area contributed by atoms with Crippen LogP contribution in [0.25, 0.3) is 0 Å². The highest BCUT2D eigenvalue weighted by Gasteiger charge is 2.30. The molecule has 1 aliphatic heterocycles. The summed E-state index contributed by atoms with van der Waals surface area (Å²) in [4.78, 5) is 6.49. The number of piperidine rings is 1. The molecular formula is C24H32F3IN4O. The van der Waals surface area contributed by atoms with Gasteiger partial charge < -0.3 is 15.7 Å². The zero-order valence-electron chi connectivity index (χ0n) is 18.7. The second-order valence-electron chi connectivity index (χ2n) is 8.16. The number of guanidine groups is 1. The molecule has 0 aromatic heterocycles. The normalized spacial score (nSPS) is 15.7. The zero-order chi connectivity index (χ0) is 23.0. The molecule has 0 aliphatic carbocycles. The van der Waals surface area contributed by atoms with Crippen LogP contribution in [0.15, 0.2) is 53.5 Å². The van der Waals surface area contributed by atoms with Crippen molar-refractivity contribution in [1.29, 1.82) is 0 Å². The predicted molar refractivity (Wildman–Crippen MR) is 136 cm³/mol. The second-order valence-corrected chi connectivity index (χ2v) is 8.16. The molecule has 9 heteroatoms. The van der Waals surface area contributed by atoms with E-state index in [0.29, 0.717) is 12.1 Å². The van der Waals surface area contributed by atoms with Gasteiger partial charge in [-0.3, -0.25) is 9.89 Å². The zero-order valence-corrected chi connectivity index (χ0v) is 21.1. The number of rotatable bonds is 7. The Morgan fingerprint density at radius 2 is 1.79 bits per heavy atom. The first kappa shape index (κ1) is 27.2. The molecular weight excluding hydrogens is 544 g/mol. The minimum absolute atomic E-state index is 0. The van der Waals surface area contributed by atoms with Crippen LogP contribution >= 0.6 is 24.0 Å². The number of aromatic hydroxyl groups is 1. The number of phenolic OH excluding ortho intramolecular Hbond substituents is 1. The van der Waals surface area contributed by atoms with E-state index in [9.17, 15) is 18.3 Å². The Hall–Kier alpha value is -2.01. The summed E-state index contributed by atoms with van der Waals surface area (Å²) in [7, 11) is 1.75. The maximum absolute atomic E-state index is 12.9. The highest BCUT2D eigenvalue weighted by Crippen LogP contribution is 2.30. The van der Waals surface area contributed by atoms with E-state index < -0.39 is 11.7 Å². The fourth-order valence-corrected chi connectivity index (χ4v) is 3.89. The van der Waals surface area contributed by atoms with Gasteiger partial charge >= 0.3 is 6.18 Å². The number of likely N-dealkylation sites (tertiary alicyclic amines) is 1. The number of hydrogen-bond acceptors (Lipinski definition) is 3. The molecule has 2 aromatic rings. The molecule has 5 nitrogen and oxygen atoms in total. The second kappa shape index (κ2) is 13.0. The molecule has 1 heterocycles. The van der Waals surface area contributed by atoms with Gasteiger partial charge in [0.05, 0.1) is 5.56 Å². The van der Waals surface area contributed by atoms with Gasteiger partial charge in [-0.1, -0.05) is 30.3 Å². The summed E-state index contributed by atoms with van der Waals surface area (Å²) in [5.41, 5.74) is 1.28. The van der Waals surface area contributed by atoms with Crippen LogP contribution < -0.4 is 10.6 Å². The maximum atomic E-state index is 12.9. The van der Waals surface area contributed by atoms with Crippen molar-refractivity contribution in [3.63, 3.8) is 0 Å². The number of nitrogens with zero attached hydrogens (tertiary/aromatic N) is 2. The number of aryl methyl sites for hydroxylation is 1. The van der Waals surface area contributed by atoms with E-state index in [1.807, 2.05) is 12.1 Å². The van der Waals surface area contributed by atoms with Gasteiger partial charge in [0, 0.05) is 39.3 Å².